The fourth-order valence-electron chi connectivity index (χ4n) is 2.27. The van der Waals surface area contributed by atoms with Crippen molar-refractivity contribution in [2.45, 2.75) is 19.9 Å². The summed E-state index contributed by atoms with van der Waals surface area (Å²) in [4.78, 5) is 34.8. The maximum atomic E-state index is 12.3. The highest BCUT2D eigenvalue weighted by molar-refractivity contribution is 6.01. The quantitative estimate of drug-likeness (QED) is 0.610. The van der Waals surface area contributed by atoms with Crippen molar-refractivity contribution >= 4 is 23.2 Å². The van der Waals surface area contributed by atoms with Gasteiger partial charge in [0.05, 0.1) is 17.7 Å². The zero-order chi connectivity index (χ0) is 19.3. The Morgan fingerprint density at radius 3 is 2.58 bits per heavy atom. The molecule has 0 saturated heterocycles. The molecule has 0 aliphatic heterocycles. The number of carbonyl (C=O) groups excluding carboxylic acids is 2. The van der Waals surface area contributed by atoms with Crippen molar-refractivity contribution < 1.29 is 19.2 Å². The summed E-state index contributed by atoms with van der Waals surface area (Å²) >= 11 is 0. The molecule has 8 heteroatoms. The number of non-ortho nitro benzene ring substituents is 1. The molecule has 0 saturated carbocycles. The topological polar surface area (TPSA) is 111 Å². The van der Waals surface area contributed by atoms with E-state index in [4.69, 9.17) is 4.74 Å². The zero-order valence-corrected chi connectivity index (χ0v) is 14.6. The number of ether oxygens (including phenoxy) is 1. The van der Waals surface area contributed by atoms with E-state index < -0.39 is 22.8 Å². The normalized spacial score (nSPS) is 11.3. The summed E-state index contributed by atoms with van der Waals surface area (Å²) in [6.45, 7) is 3.40. The number of hydrogen-bond donors (Lipinski definition) is 2. The molecule has 2 amide bonds. The number of amides is 2. The molecule has 26 heavy (non-hydrogen) atoms. The Labute approximate surface area is 150 Å². The molecule has 2 aromatic carbocycles. The molecule has 2 rings (SSSR count). The first-order chi connectivity index (χ1) is 12.3. The smallest absolute Gasteiger partial charge is 0.270 e. The van der Waals surface area contributed by atoms with Gasteiger partial charge in [-0.2, -0.15) is 0 Å². The lowest BCUT2D eigenvalue weighted by Gasteiger charge is -2.16. The molecule has 0 bridgehead atoms. The molecule has 0 aliphatic carbocycles. The van der Waals surface area contributed by atoms with Gasteiger partial charge in [-0.05, 0) is 37.6 Å². The molecule has 1 unspecified atom stereocenters. The van der Waals surface area contributed by atoms with E-state index in [1.165, 1.54) is 32.2 Å². The monoisotopic (exact) mass is 357 g/mol. The average molecular weight is 357 g/mol. The molecule has 0 radical (unpaired) electrons. The Hall–Kier alpha value is -3.42. The van der Waals surface area contributed by atoms with E-state index in [1.807, 2.05) is 13.0 Å². The lowest BCUT2D eigenvalue weighted by Crippen LogP contribution is -2.41. The van der Waals surface area contributed by atoms with E-state index in [-0.39, 0.29) is 11.3 Å². The molecule has 0 fully saturated rings. The number of carbonyl (C=O) groups is 2. The van der Waals surface area contributed by atoms with Gasteiger partial charge in [0.2, 0.25) is 5.91 Å². The first-order valence-electron chi connectivity index (χ1n) is 7.82. The first kappa shape index (κ1) is 18.9. The van der Waals surface area contributed by atoms with Gasteiger partial charge in [0.1, 0.15) is 11.8 Å². The van der Waals surface area contributed by atoms with Gasteiger partial charge in [-0.15, -0.1) is 0 Å². The molecule has 8 nitrogen and oxygen atoms in total. The van der Waals surface area contributed by atoms with Crippen molar-refractivity contribution in [1.82, 2.24) is 5.32 Å². The summed E-state index contributed by atoms with van der Waals surface area (Å²) in [5, 5.41) is 16.0. The van der Waals surface area contributed by atoms with E-state index in [9.17, 15) is 19.7 Å². The predicted octanol–water partition coefficient (Wildman–Crippen LogP) is 2.67. The van der Waals surface area contributed by atoms with E-state index in [0.29, 0.717) is 11.4 Å². The van der Waals surface area contributed by atoms with Crippen LogP contribution in [0.15, 0.2) is 42.5 Å². The molecule has 0 aliphatic rings. The molecule has 0 spiro atoms. The minimum absolute atomic E-state index is 0.104. The van der Waals surface area contributed by atoms with Crippen LogP contribution >= 0.6 is 0 Å². The summed E-state index contributed by atoms with van der Waals surface area (Å²) in [6, 6.07) is 9.78. The Balaban J connectivity index is 2.07. The number of nitrogens with zero attached hydrogens (tertiary/aromatic N) is 1. The number of anilines is 1. The van der Waals surface area contributed by atoms with E-state index >= 15 is 0 Å². The van der Waals surface area contributed by atoms with Crippen LogP contribution in [0.1, 0.15) is 22.8 Å². The summed E-state index contributed by atoms with van der Waals surface area (Å²) in [5.74, 6) is -0.513. The number of benzene rings is 2. The van der Waals surface area contributed by atoms with Crippen LogP contribution in [0.3, 0.4) is 0 Å². The minimum atomic E-state index is -0.855. The third-order valence-electron chi connectivity index (χ3n) is 3.67. The zero-order valence-electron chi connectivity index (χ0n) is 14.6. The molecule has 1 atom stereocenters. The number of aryl methyl sites for hydroxylation is 1. The molecular weight excluding hydrogens is 338 g/mol. The number of nitro groups is 1. The van der Waals surface area contributed by atoms with Crippen LogP contribution in [0.2, 0.25) is 0 Å². The fourth-order valence-corrected chi connectivity index (χ4v) is 2.27. The third kappa shape index (κ3) is 4.56. The Kier molecular flexibility index (Phi) is 5.90. The maximum Gasteiger partial charge on any atom is 0.270 e. The Bertz CT molecular complexity index is 850. The maximum absolute atomic E-state index is 12.3. The second-order valence-corrected chi connectivity index (χ2v) is 5.70. The highest BCUT2D eigenvalue weighted by Crippen LogP contribution is 2.25. The first-order valence-corrected chi connectivity index (χ1v) is 7.82. The van der Waals surface area contributed by atoms with Crippen LogP contribution in [0.5, 0.6) is 5.75 Å². The molecule has 2 N–H and O–H groups in total. The SMILES string of the molecule is COc1ccc(C)cc1NC(=O)C(C)NC(=O)c1cccc([N+](=O)[O-])c1. The van der Waals surface area contributed by atoms with Crippen LogP contribution in [0.4, 0.5) is 11.4 Å². The van der Waals surface area contributed by atoms with Crippen molar-refractivity contribution in [1.29, 1.82) is 0 Å². The van der Waals surface area contributed by atoms with Gasteiger partial charge >= 0.3 is 0 Å². The summed E-state index contributed by atoms with van der Waals surface area (Å²) in [7, 11) is 1.49. The van der Waals surface area contributed by atoms with E-state index in [0.717, 1.165) is 11.6 Å². The predicted molar refractivity (Wildman–Crippen MR) is 96.4 cm³/mol. The van der Waals surface area contributed by atoms with Gasteiger partial charge in [0, 0.05) is 17.7 Å². The van der Waals surface area contributed by atoms with Crippen LogP contribution in [-0.2, 0) is 4.79 Å². The van der Waals surface area contributed by atoms with E-state index in [1.54, 1.807) is 12.1 Å². The highest BCUT2D eigenvalue weighted by atomic mass is 16.6. The lowest BCUT2D eigenvalue weighted by atomic mass is 10.1. The van der Waals surface area contributed by atoms with Crippen LogP contribution in [-0.4, -0.2) is 29.9 Å². The number of rotatable bonds is 6. The second kappa shape index (κ2) is 8.11. The van der Waals surface area contributed by atoms with Crippen LogP contribution in [0.25, 0.3) is 0 Å². The van der Waals surface area contributed by atoms with Gasteiger partial charge in [0.15, 0.2) is 0 Å². The second-order valence-electron chi connectivity index (χ2n) is 5.70. The largest absolute Gasteiger partial charge is 0.495 e. The molecule has 0 aromatic heterocycles. The summed E-state index contributed by atoms with van der Waals surface area (Å²) in [5.41, 5.74) is 1.34. The lowest BCUT2D eigenvalue weighted by molar-refractivity contribution is -0.384. The van der Waals surface area contributed by atoms with Gasteiger partial charge in [-0.1, -0.05) is 12.1 Å². The van der Waals surface area contributed by atoms with Gasteiger partial charge in [-0.3, -0.25) is 19.7 Å². The minimum Gasteiger partial charge on any atom is -0.495 e. The third-order valence-corrected chi connectivity index (χ3v) is 3.67. The fraction of sp³-hybridized carbons (Fsp3) is 0.222. The van der Waals surface area contributed by atoms with Crippen molar-refractivity contribution in [2.75, 3.05) is 12.4 Å². The summed E-state index contributed by atoms with van der Waals surface area (Å²) < 4.78 is 5.20. The number of nitro benzene ring substituents is 1. The molecule has 2 aromatic rings. The van der Waals surface area contributed by atoms with Crippen LogP contribution < -0.4 is 15.4 Å². The van der Waals surface area contributed by atoms with Gasteiger partial charge < -0.3 is 15.4 Å². The Morgan fingerprint density at radius 2 is 1.92 bits per heavy atom. The molecular formula is C18H19N3O5. The Morgan fingerprint density at radius 1 is 1.19 bits per heavy atom. The molecule has 0 heterocycles. The number of nitrogens with one attached hydrogen (secondary N) is 2. The van der Waals surface area contributed by atoms with Crippen molar-refractivity contribution in [3.63, 3.8) is 0 Å². The highest BCUT2D eigenvalue weighted by Gasteiger charge is 2.19. The van der Waals surface area contributed by atoms with Gasteiger partial charge in [0.25, 0.3) is 11.6 Å². The van der Waals surface area contributed by atoms with E-state index in [2.05, 4.69) is 10.6 Å². The number of hydrogen-bond acceptors (Lipinski definition) is 5. The van der Waals surface area contributed by atoms with Crippen molar-refractivity contribution in [3.05, 3.63) is 63.7 Å². The van der Waals surface area contributed by atoms with Crippen LogP contribution in [0, 0.1) is 17.0 Å². The number of methoxy groups -OCH3 is 1. The standard InChI is InChI=1S/C18H19N3O5/c1-11-7-8-16(26-3)15(9-11)20-17(22)12(2)19-18(23)13-5-4-6-14(10-13)21(24)25/h4-10,12H,1-3H3,(H,19,23)(H,20,22). The average Bonchev–Trinajstić information content (AvgIpc) is 2.61. The van der Waals surface area contributed by atoms with Crippen molar-refractivity contribution in [3.8, 4) is 5.75 Å². The molecule has 136 valence electrons. The van der Waals surface area contributed by atoms with Gasteiger partial charge in [-0.25, -0.2) is 0 Å². The summed E-state index contributed by atoms with van der Waals surface area (Å²) in [6.07, 6.45) is 0. The van der Waals surface area contributed by atoms with Crippen molar-refractivity contribution in [2.24, 2.45) is 0 Å².